The molecule has 0 atom stereocenters. The largest absolute Gasteiger partial charge is 1.00 e. The molecule has 0 bridgehead atoms. The van der Waals surface area contributed by atoms with Gasteiger partial charge in [-0.1, -0.05) is 25.1 Å². The number of hydrogen-bond donors (Lipinski definition) is 1. The lowest BCUT2D eigenvalue weighted by atomic mass is 10.1. The summed E-state index contributed by atoms with van der Waals surface area (Å²) in [4.78, 5) is 0. The van der Waals surface area contributed by atoms with Gasteiger partial charge in [0.2, 0.25) is 0 Å². The van der Waals surface area contributed by atoms with Crippen LogP contribution < -0.4 is 17.8 Å². The van der Waals surface area contributed by atoms with Crippen molar-refractivity contribution >= 4 is 6.21 Å². The Labute approximate surface area is 73.4 Å². The summed E-state index contributed by atoms with van der Waals surface area (Å²) in [5.74, 6) is 0. The molecule has 0 spiro atoms. The molecule has 0 saturated carbocycles. The minimum atomic E-state index is 0. The van der Waals surface area contributed by atoms with Crippen molar-refractivity contribution in [1.29, 1.82) is 0 Å². The Morgan fingerprint density at radius 2 is 2.00 bits per heavy atom. The van der Waals surface area contributed by atoms with Crippen LogP contribution in [0.3, 0.4) is 0 Å². The van der Waals surface area contributed by atoms with Gasteiger partial charge in [0.15, 0.2) is 6.21 Å². The smallest absolute Gasteiger partial charge is 0.167 e. The van der Waals surface area contributed by atoms with E-state index in [4.69, 9.17) is 5.41 Å². The van der Waals surface area contributed by atoms with Crippen LogP contribution in [-0.4, -0.2) is 6.21 Å². The van der Waals surface area contributed by atoms with Crippen LogP contribution in [0.25, 0.3) is 0 Å². The third-order valence-electron chi connectivity index (χ3n) is 1.62. The van der Waals surface area contributed by atoms with Gasteiger partial charge in [0.05, 0.1) is 0 Å². The number of rotatable bonds is 2. The summed E-state index contributed by atoms with van der Waals surface area (Å²) in [5, 5.41) is 5.40. The number of halogens is 1. The molecule has 2 heteroatoms. The van der Waals surface area contributed by atoms with Crippen LogP contribution in [0.1, 0.15) is 18.1 Å². The molecule has 0 aliphatic rings. The predicted octanol–water partition coefficient (Wildman–Crippen LogP) is -2.57. The average Bonchev–Trinajstić information content (AvgIpc) is 2.04. The molecule has 2 N–H and O–H groups in total. The highest BCUT2D eigenvalue weighted by Gasteiger charge is 1.95. The number of aryl methyl sites for hydroxylation is 1. The van der Waals surface area contributed by atoms with Crippen LogP contribution in [0.4, 0.5) is 0 Å². The van der Waals surface area contributed by atoms with Crippen molar-refractivity contribution in [2.75, 3.05) is 0 Å². The van der Waals surface area contributed by atoms with E-state index in [0.29, 0.717) is 0 Å². The summed E-state index contributed by atoms with van der Waals surface area (Å²) in [5.41, 5.74) is 2.45. The van der Waals surface area contributed by atoms with E-state index in [1.165, 1.54) is 5.56 Å². The minimum absolute atomic E-state index is 0. The molecule has 0 amide bonds. The molecule has 60 valence electrons. The molecule has 0 aliphatic heterocycles. The maximum atomic E-state index is 5.40. The van der Waals surface area contributed by atoms with E-state index in [0.717, 1.165) is 12.0 Å². The first kappa shape index (κ1) is 10.2. The Kier molecular flexibility index (Phi) is 4.55. The van der Waals surface area contributed by atoms with Gasteiger partial charge in [-0.05, 0) is 18.1 Å². The lowest BCUT2D eigenvalue weighted by Crippen LogP contribution is -3.00. The van der Waals surface area contributed by atoms with E-state index < -0.39 is 0 Å². The molecule has 0 unspecified atom stereocenters. The first-order valence-corrected chi connectivity index (χ1v) is 3.51. The van der Waals surface area contributed by atoms with Crippen molar-refractivity contribution in [2.24, 2.45) is 0 Å². The molecule has 0 radical (unpaired) electrons. The van der Waals surface area contributed by atoms with Gasteiger partial charge in [-0.2, -0.15) is 0 Å². The molecular weight excluding hydrogens is 158 g/mol. The third kappa shape index (κ3) is 2.35. The Morgan fingerprint density at radius 1 is 1.36 bits per heavy atom. The monoisotopic (exact) mass is 169 g/mol. The molecule has 0 aromatic heterocycles. The summed E-state index contributed by atoms with van der Waals surface area (Å²) in [7, 11) is 0. The second-order valence-corrected chi connectivity index (χ2v) is 2.22. The first-order chi connectivity index (χ1) is 4.88. The Hall–Kier alpha value is -0.820. The zero-order valence-electron chi connectivity index (χ0n) is 6.55. The highest BCUT2D eigenvalue weighted by molar-refractivity contribution is 5.76. The Bertz CT molecular complexity index is 233. The fourth-order valence-corrected chi connectivity index (χ4v) is 1.02. The maximum absolute atomic E-state index is 5.40. The summed E-state index contributed by atoms with van der Waals surface area (Å²) in [6.45, 7) is 2.13. The predicted molar refractivity (Wildman–Crippen MR) is 42.9 cm³/mol. The Balaban J connectivity index is 0.000001000. The van der Waals surface area contributed by atoms with Crippen molar-refractivity contribution < 1.29 is 17.8 Å². The standard InChI is InChI=1S/C9H11N.ClH/c1-2-8-5-3-4-6-9(8)7-10;/h3-7,10H,2H2,1H3;1H. The van der Waals surface area contributed by atoms with Crippen LogP contribution in [0.2, 0.25) is 0 Å². The topological polar surface area (TPSA) is 25.6 Å². The Morgan fingerprint density at radius 3 is 2.45 bits per heavy atom. The highest BCUT2D eigenvalue weighted by atomic mass is 35.5. The van der Waals surface area contributed by atoms with Crippen molar-refractivity contribution in [3.63, 3.8) is 0 Å². The molecular formula is C9H12ClN. The molecule has 1 rings (SSSR count). The summed E-state index contributed by atoms with van der Waals surface area (Å²) >= 11 is 0. The average molecular weight is 170 g/mol. The van der Waals surface area contributed by atoms with Gasteiger partial charge in [-0.15, -0.1) is 0 Å². The van der Waals surface area contributed by atoms with Crippen LogP contribution in [-0.2, 0) is 6.42 Å². The lowest BCUT2D eigenvalue weighted by Gasteiger charge is -1.96. The van der Waals surface area contributed by atoms with Gasteiger partial charge < -0.3 is 12.4 Å². The molecule has 0 heterocycles. The fraction of sp³-hybridized carbons (Fsp3) is 0.222. The van der Waals surface area contributed by atoms with Gasteiger partial charge in [0.25, 0.3) is 0 Å². The van der Waals surface area contributed by atoms with Crippen LogP contribution in [0.5, 0.6) is 0 Å². The SMILES string of the molecule is CCc1ccccc1C=[NH2+].[Cl-]. The van der Waals surface area contributed by atoms with Gasteiger partial charge in [-0.25, -0.2) is 0 Å². The summed E-state index contributed by atoms with van der Waals surface area (Å²) in [6, 6.07) is 8.15. The lowest BCUT2D eigenvalue weighted by molar-refractivity contribution is -0.104. The quantitative estimate of drug-likeness (QED) is 0.472. The van der Waals surface area contributed by atoms with Gasteiger partial charge >= 0.3 is 0 Å². The van der Waals surface area contributed by atoms with Crippen LogP contribution in [0.15, 0.2) is 24.3 Å². The molecule has 1 aromatic carbocycles. The second kappa shape index (κ2) is 4.91. The van der Waals surface area contributed by atoms with Gasteiger partial charge in [0.1, 0.15) is 0 Å². The maximum Gasteiger partial charge on any atom is 0.167 e. The van der Waals surface area contributed by atoms with E-state index in [1.54, 1.807) is 6.21 Å². The summed E-state index contributed by atoms with van der Waals surface area (Å²) in [6.07, 6.45) is 2.70. The number of hydrogen-bond acceptors (Lipinski definition) is 0. The van der Waals surface area contributed by atoms with Crippen molar-refractivity contribution in [3.8, 4) is 0 Å². The van der Waals surface area contributed by atoms with Crippen molar-refractivity contribution in [1.82, 2.24) is 0 Å². The van der Waals surface area contributed by atoms with E-state index in [9.17, 15) is 0 Å². The van der Waals surface area contributed by atoms with E-state index in [2.05, 4.69) is 13.0 Å². The zero-order valence-corrected chi connectivity index (χ0v) is 7.31. The molecule has 1 aromatic rings. The van der Waals surface area contributed by atoms with Gasteiger partial charge in [0, 0.05) is 5.56 Å². The molecule has 0 fully saturated rings. The molecule has 0 saturated heterocycles. The second-order valence-electron chi connectivity index (χ2n) is 2.22. The van der Waals surface area contributed by atoms with Crippen molar-refractivity contribution in [3.05, 3.63) is 35.4 Å². The van der Waals surface area contributed by atoms with Crippen LogP contribution in [0, 0.1) is 0 Å². The van der Waals surface area contributed by atoms with E-state index in [-0.39, 0.29) is 12.4 Å². The van der Waals surface area contributed by atoms with E-state index >= 15 is 0 Å². The minimum Gasteiger partial charge on any atom is -1.00 e. The van der Waals surface area contributed by atoms with Crippen molar-refractivity contribution in [2.45, 2.75) is 13.3 Å². The number of benzene rings is 1. The third-order valence-corrected chi connectivity index (χ3v) is 1.62. The fourth-order valence-electron chi connectivity index (χ4n) is 1.02. The van der Waals surface area contributed by atoms with Gasteiger partial charge in [-0.3, -0.25) is 5.41 Å². The first-order valence-electron chi connectivity index (χ1n) is 3.51. The van der Waals surface area contributed by atoms with E-state index in [1.807, 2.05) is 18.2 Å². The van der Waals surface area contributed by atoms with Crippen LogP contribution >= 0.6 is 0 Å². The number of nitrogens with two attached hydrogens (primary N) is 1. The zero-order chi connectivity index (χ0) is 7.40. The highest BCUT2D eigenvalue weighted by Crippen LogP contribution is 2.04. The molecule has 1 nitrogen and oxygen atoms in total. The molecule has 0 aliphatic carbocycles. The summed E-state index contributed by atoms with van der Waals surface area (Å²) < 4.78 is 0. The normalized spacial score (nSPS) is 8.45. The molecule has 11 heavy (non-hydrogen) atoms.